The number of methoxy groups -OCH3 is 1. The first-order chi connectivity index (χ1) is 9.29. The highest BCUT2D eigenvalue weighted by Crippen LogP contribution is 2.37. The molecule has 1 aliphatic rings. The maximum Gasteiger partial charge on any atom is 0.163 e. The molecule has 2 aromatic carbocycles. The lowest BCUT2D eigenvalue weighted by Crippen LogP contribution is -2.16. The fourth-order valence-electron chi connectivity index (χ4n) is 2.80. The number of ether oxygens (including phenoxy) is 1. The minimum absolute atomic E-state index is 0.223. The van der Waals surface area contributed by atoms with Gasteiger partial charge in [-0.3, -0.25) is 4.79 Å². The number of carbonyl (C=O) groups is 1. The van der Waals surface area contributed by atoms with Gasteiger partial charge in [-0.1, -0.05) is 36.4 Å². The summed E-state index contributed by atoms with van der Waals surface area (Å²) in [5.74, 6) is 1.29. The summed E-state index contributed by atoms with van der Waals surface area (Å²) in [5.41, 5.74) is 3.23. The molecule has 0 spiro atoms. The van der Waals surface area contributed by atoms with E-state index in [4.69, 9.17) is 4.74 Å². The summed E-state index contributed by atoms with van der Waals surface area (Å²) >= 11 is 0. The van der Waals surface area contributed by atoms with Gasteiger partial charge in [-0.25, -0.2) is 0 Å². The Balaban J connectivity index is 2.08. The number of fused-ring (bicyclic) bond motifs is 1. The number of hydrogen-bond donors (Lipinski definition) is 0. The third-order valence-electron chi connectivity index (χ3n) is 3.80. The molecule has 0 N–H and O–H groups in total. The van der Waals surface area contributed by atoms with Gasteiger partial charge in [0.25, 0.3) is 0 Å². The highest BCUT2D eigenvalue weighted by atomic mass is 16.5. The predicted molar refractivity (Wildman–Crippen MR) is 74.8 cm³/mol. The summed E-state index contributed by atoms with van der Waals surface area (Å²) in [5, 5.41) is 0. The molecule has 0 saturated carbocycles. The molecule has 0 amide bonds. The van der Waals surface area contributed by atoms with Crippen molar-refractivity contribution >= 4 is 5.78 Å². The van der Waals surface area contributed by atoms with Crippen LogP contribution in [-0.4, -0.2) is 12.9 Å². The van der Waals surface area contributed by atoms with Crippen LogP contribution in [0.25, 0.3) is 0 Å². The van der Waals surface area contributed by atoms with Gasteiger partial charge >= 0.3 is 0 Å². The second-order valence-corrected chi connectivity index (χ2v) is 4.88. The SMILES string of the molecule is COc1ccc2c(c1)C(=O)CC[C@H]2c1ccccc1. The van der Waals surface area contributed by atoms with Crippen LogP contribution in [0.1, 0.15) is 40.2 Å². The Morgan fingerprint density at radius 1 is 1.11 bits per heavy atom. The third-order valence-corrected chi connectivity index (χ3v) is 3.80. The van der Waals surface area contributed by atoms with E-state index in [1.807, 2.05) is 24.3 Å². The van der Waals surface area contributed by atoms with Gasteiger partial charge in [0, 0.05) is 17.9 Å². The van der Waals surface area contributed by atoms with E-state index in [0.717, 1.165) is 23.3 Å². The zero-order chi connectivity index (χ0) is 13.2. The molecule has 1 atom stereocenters. The van der Waals surface area contributed by atoms with E-state index in [0.29, 0.717) is 12.3 Å². The molecule has 96 valence electrons. The van der Waals surface area contributed by atoms with Crippen molar-refractivity contribution in [3.63, 3.8) is 0 Å². The van der Waals surface area contributed by atoms with E-state index in [9.17, 15) is 4.79 Å². The average molecular weight is 252 g/mol. The predicted octanol–water partition coefficient (Wildman–Crippen LogP) is 3.80. The molecule has 0 heterocycles. The first-order valence-electron chi connectivity index (χ1n) is 6.55. The molecular formula is C17H16O2. The molecule has 0 saturated heterocycles. The summed E-state index contributed by atoms with van der Waals surface area (Å²) in [6, 6.07) is 16.2. The fourth-order valence-corrected chi connectivity index (χ4v) is 2.80. The Bertz CT molecular complexity index is 602. The zero-order valence-electron chi connectivity index (χ0n) is 10.9. The van der Waals surface area contributed by atoms with Gasteiger partial charge in [-0.2, -0.15) is 0 Å². The molecule has 2 heteroatoms. The van der Waals surface area contributed by atoms with Gasteiger partial charge in [0.15, 0.2) is 5.78 Å². The van der Waals surface area contributed by atoms with Gasteiger partial charge < -0.3 is 4.74 Å². The van der Waals surface area contributed by atoms with E-state index in [1.165, 1.54) is 5.56 Å². The molecule has 2 nitrogen and oxygen atoms in total. The highest BCUT2D eigenvalue weighted by Gasteiger charge is 2.26. The van der Waals surface area contributed by atoms with Crippen LogP contribution in [-0.2, 0) is 0 Å². The lowest BCUT2D eigenvalue weighted by molar-refractivity contribution is 0.0969. The van der Waals surface area contributed by atoms with Crippen molar-refractivity contribution in [1.82, 2.24) is 0 Å². The van der Waals surface area contributed by atoms with Crippen LogP contribution < -0.4 is 4.74 Å². The maximum absolute atomic E-state index is 12.1. The van der Waals surface area contributed by atoms with Crippen molar-refractivity contribution in [1.29, 1.82) is 0 Å². The van der Waals surface area contributed by atoms with Crippen molar-refractivity contribution in [3.05, 3.63) is 65.2 Å². The topological polar surface area (TPSA) is 26.3 Å². The quantitative estimate of drug-likeness (QED) is 0.812. The van der Waals surface area contributed by atoms with Gasteiger partial charge in [-0.15, -0.1) is 0 Å². The van der Waals surface area contributed by atoms with E-state index in [1.54, 1.807) is 7.11 Å². The number of Topliss-reactive ketones (excluding diaryl/α,β-unsaturated/α-hetero) is 1. The van der Waals surface area contributed by atoms with Crippen LogP contribution in [0.15, 0.2) is 48.5 Å². The largest absolute Gasteiger partial charge is 0.497 e. The van der Waals surface area contributed by atoms with Crippen molar-refractivity contribution in [2.75, 3.05) is 7.11 Å². The van der Waals surface area contributed by atoms with E-state index >= 15 is 0 Å². The van der Waals surface area contributed by atoms with Crippen LogP contribution in [0.3, 0.4) is 0 Å². The first-order valence-corrected chi connectivity index (χ1v) is 6.55. The summed E-state index contributed by atoms with van der Waals surface area (Å²) in [6.07, 6.45) is 1.50. The standard InChI is InChI=1S/C17H16O2/c1-19-13-7-8-15-14(12-5-3-2-4-6-12)9-10-17(18)16(15)11-13/h2-8,11,14H,9-10H2,1H3/t14-/m0/s1. The Hall–Kier alpha value is -2.09. The second-order valence-electron chi connectivity index (χ2n) is 4.88. The molecule has 0 bridgehead atoms. The summed E-state index contributed by atoms with van der Waals surface area (Å²) in [6.45, 7) is 0. The second kappa shape index (κ2) is 4.88. The molecule has 0 fully saturated rings. The number of carbonyl (C=O) groups excluding carboxylic acids is 1. The minimum Gasteiger partial charge on any atom is -0.497 e. The number of hydrogen-bond acceptors (Lipinski definition) is 2. The van der Waals surface area contributed by atoms with Crippen LogP contribution in [0.4, 0.5) is 0 Å². The Kier molecular flexibility index (Phi) is 3.08. The van der Waals surface area contributed by atoms with Crippen LogP contribution in [0, 0.1) is 0 Å². The molecule has 2 aromatic rings. The van der Waals surface area contributed by atoms with Crippen LogP contribution >= 0.6 is 0 Å². The Morgan fingerprint density at radius 3 is 2.63 bits per heavy atom. The smallest absolute Gasteiger partial charge is 0.163 e. The first kappa shape index (κ1) is 12.0. The number of ketones is 1. The lowest BCUT2D eigenvalue weighted by atomic mass is 9.78. The molecule has 0 radical (unpaired) electrons. The maximum atomic E-state index is 12.1. The Morgan fingerprint density at radius 2 is 1.89 bits per heavy atom. The van der Waals surface area contributed by atoms with E-state index in [2.05, 4.69) is 24.3 Å². The van der Waals surface area contributed by atoms with Gasteiger partial charge in [0.05, 0.1) is 7.11 Å². The third kappa shape index (κ3) is 2.14. The Labute approximate surface area is 113 Å². The number of rotatable bonds is 2. The lowest BCUT2D eigenvalue weighted by Gasteiger charge is -2.25. The molecule has 1 aliphatic carbocycles. The van der Waals surface area contributed by atoms with Crippen LogP contribution in [0.2, 0.25) is 0 Å². The number of benzene rings is 2. The van der Waals surface area contributed by atoms with Crippen molar-refractivity contribution < 1.29 is 9.53 Å². The summed E-state index contributed by atoms with van der Waals surface area (Å²) in [4.78, 5) is 12.1. The molecule has 0 aromatic heterocycles. The molecular weight excluding hydrogens is 236 g/mol. The van der Waals surface area contributed by atoms with Gasteiger partial charge in [0.1, 0.15) is 5.75 Å². The van der Waals surface area contributed by atoms with E-state index < -0.39 is 0 Å². The summed E-state index contributed by atoms with van der Waals surface area (Å²) < 4.78 is 5.22. The van der Waals surface area contributed by atoms with Crippen LogP contribution in [0.5, 0.6) is 5.75 Å². The molecule has 3 rings (SSSR count). The van der Waals surface area contributed by atoms with Crippen molar-refractivity contribution in [2.45, 2.75) is 18.8 Å². The van der Waals surface area contributed by atoms with Crippen molar-refractivity contribution in [3.8, 4) is 5.75 Å². The molecule has 0 unspecified atom stereocenters. The highest BCUT2D eigenvalue weighted by molar-refractivity contribution is 5.99. The zero-order valence-corrected chi connectivity index (χ0v) is 10.9. The van der Waals surface area contributed by atoms with Gasteiger partial charge in [-0.05, 0) is 29.7 Å². The normalized spacial score (nSPS) is 17.9. The average Bonchev–Trinajstić information content (AvgIpc) is 2.48. The van der Waals surface area contributed by atoms with Gasteiger partial charge in [0.2, 0.25) is 0 Å². The fraction of sp³-hybridized carbons (Fsp3) is 0.235. The summed E-state index contributed by atoms with van der Waals surface area (Å²) in [7, 11) is 1.63. The molecule has 19 heavy (non-hydrogen) atoms. The van der Waals surface area contributed by atoms with E-state index in [-0.39, 0.29) is 5.78 Å². The monoisotopic (exact) mass is 252 g/mol. The van der Waals surface area contributed by atoms with Crippen molar-refractivity contribution in [2.24, 2.45) is 0 Å². The molecule has 0 aliphatic heterocycles. The minimum atomic E-state index is 0.223.